The molecular weight excluding hydrogens is 608 g/mol. The number of anilines is 1. The Balaban J connectivity index is 1.23. The van der Waals surface area contributed by atoms with Gasteiger partial charge in [0.15, 0.2) is 17.8 Å². The normalized spacial score (nSPS) is 16.9. The number of carbonyl (C=O) groups excluding carboxylic acids is 1. The molecule has 4 N–H and O–H groups in total. The molecule has 1 saturated heterocycles. The lowest BCUT2D eigenvalue weighted by Crippen LogP contribution is -2.56. The van der Waals surface area contributed by atoms with Crippen LogP contribution >= 0.6 is 0 Å². The van der Waals surface area contributed by atoms with E-state index in [4.69, 9.17) is 9.47 Å². The van der Waals surface area contributed by atoms with Crippen LogP contribution in [0.3, 0.4) is 0 Å². The Labute approximate surface area is 276 Å². The monoisotopic (exact) mass is 642 g/mol. The highest BCUT2D eigenvalue weighted by atomic mass is 16.5. The van der Waals surface area contributed by atoms with Crippen molar-refractivity contribution >= 4 is 23.0 Å². The number of hydrogen-bond donors (Lipinski definition) is 4. The smallest absolute Gasteiger partial charge is 0.278 e. The first kappa shape index (κ1) is 31.0. The second-order valence-corrected chi connectivity index (χ2v) is 11.5. The molecule has 3 heterocycles. The molecule has 1 aliphatic rings. The number of nitrogens with one attached hydrogen (secondary N) is 3. The number of rotatable bonds is 10. The summed E-state index contributed by atoms with van der Waals surface area (Å²) in [6, 6.07) is 39.8. The van der Waals surface area contributed by atoms with E-state index in [1.54, 1.807) is 24.3 Å². The number of imidazole rings is 1. The number of hydrogen-bond acceptors (Lipinski definition) is 8. The molecule has 0 bridgehead atoms. The van der Waals surface area contributed by atoms with Gasteiger partial charge in [0.25, 0.3) is 11.5 Å². The maximum absolute atomic E-state index is 13.1. The van der Waals surface area contributed by atoms with Crippen molar-refractivity contribution in [3.05, 3.63) is 154 Å². The molecule has 6 aromatic rings. The molecule has 11 nitrogen and oxygen atoms in total. The van der Waals surface area contributed by atoms with Crippen molar-refractivity contribution in [1.29, 1.82) is 0 Å². The van der Waals surface area contributed by atoms with E-state index in [2.05, 4.69) is 66.6 Å². The second kappa shape index (κ2) is 13.6. The number of benzene rings is 4. The van der Waals surface area contributed by atoms with Crippen molar-refractivity contribution < 1.29 is 19.4 Å². The Morgan fingerprint density at radius 3 is 1.96 bits per heavy atom. The average Bonchev–Trinajstić information content (AvgIpc) is 3.58. The number of carbonyl (C=O) groups is 1. The zero-order chi connectivity index (χ0) is 32.9. The zero-order valence-electron chi connectivity index (χ0n) is 26.0. The lowest BCUT2D eigenvalue weighted by molar-refractivity contribution is -0.124. The summed E-state index contributed by atoms with van der Waals surface area (Å²) in [5.41, 5.74) is 2.18. The van der Waals surface area contributed by atoms with Crippen molar-refractivity contribution in [1.82, 2.24) is 24.8 Å². The van der Waals surface area contributed by atoms with Crippen LogP contribution in [0.1, 0.15) is 28.6 Å². The maximum Gasteiger partial charge on any atom is 0.278 e. The van der Waals surface area contributed by atoms with Crippen LogP contribution in [0.2, 0.25) is 0 Å². The van der Waals surface area contributed by atoms with Crippen molar-refractivity contribution in [2.75, 3.05) is 31.6 Å². The first-order chi connectivity index (χ1) is 23.5. The fraction of sp³-hybridized carbons (Fsp3) is 0.189. The molecule has 1 fully saturated rings. The fourth-order valence-corrected chi connectivity index (χ4v) is 6.42. The predicted molar refractivity (Wildman–Crippen MR) is 181 cm³/mol. The van der Waals surface area contributed by atoms with Crippen LogP contribution in [0.15, 0.2) is 126 Å². The van der Waals surface area contributed by atoms with Gasteiger partial charge in [-0.05, 0) is 28.8 Å². The summed E-state index contributed by atoms with van der Waals surface area (Å²) in [4.78, 5) is 42.7. The topological polar surface area (TPSA) is 145 Å². The Bertz CT molecular complexity index is 1940. The van der Waals surface area contributed by atoms with Gasteiger partial charge in [0.2, 0.25) is 5.95 Å². The minimum Gasteiger partial charge on any atom is -0.484 e. The third-order valence-corrected chi connectivity index (χ3v) is 8.48. The van der Waals surface area contributed by atoms with Gasteiger partial charge in [-0.2, -0.15) is 4.98 Å². The van der Waals surface area contributed by atoms with E-state index in [9.17, 15) is 14.7 Å². The first-order valence-corrected chi connectivity index (χ1v) is 15.7. The molecule has 4 aromatic carbocycles. The number of nitrogens with zero attached hydrogens (tertiary/aromatic N) is 3. The van der Waals surface area contributed by atoms with Gasteiger partial charge < -0.3 is 19.6 Å². The summed E-state index contributed by atoms with van der Waals surface area (Å²) in [7, 11) is 0. The molecule has 7 rings (SSSR count). The SMILES string of the molecule is O=C(COc1ccccc1)Nc1nc2nc([C@H]3CN(C(c4ccccc4)(c4ccccc4)c4ccccc4)C[C@@H](CO)O3)[nH]c2c(=O)[nH]1. The lowest BCUT2D eigenvalue weighted by Gasteiger charge is -2.50. The van der Waals surface area contributed by atoms with Crippen molar-refractivity contribution in [2.45, 2.75) is 17.7 Å². The molecule has 0 radical (unpaired) electrons. The molecule has 1 amide bonds. The molecule has 0 aliphatic carbocycles. The number of aliphatic hydroxyl groups is 1. The molecular formula is C37H34N6O5. The van der Waals surface area contributed by atoms with Crippen LogP contribution in [-0.2, 0) is 15.1 Å². The van der Waals surface area contributed by atoms with Gasteiger partial charge in [-0.15, -0.1) is 0 Å². The molecule has 11 heteroatoms. The van der Waals surface area contributed by atoms with Crippen molar-refractivity contribution in [3.8, 4) is 5.75 Å². The van der Waals surface area contributed by atoms with Gasteiger partial charge in [0.05, 0.1) is 18.2 Å². The summed E-state index contributed by atoms with van der Waals surface area (Å²) in [6.07, 6.45) is -1.21. The number of aromatic amines is 2. The second-order valence-electron chi connectivity index (χ2n) is 11.5. The van der Waals surface area contributed by atoms with Gasteiger partial charge in [-0.3, -0.25) is 24.8 Å². The molecule has 242 valence electrons. The Kier molecular flexibility index (Phi) is 8.80. The maximum atomic E-state index is 13.1. The number of aliphatic hydroxyl groups excluding tert-OH is 1. The number of ether oxygens (including phenoxy) is 2. The van der Waals surface area contributed by atoms with Gasteiger partial charge in [0.1, 0.15) is 17.7 Å². The molecule has 2 atom stereocenters. The standard InChI is InChI=1S/C37H34N6O5/c44-23-29-21-43(37(25-13-5-1-6-14-25,26-15-7-2-8-16-26)27-17-9-3-10-18-27)22-30(48-29)33-39-32-34(40-33)41-36(42-35(32)46)38-31(45)24-47-28-19-11-4-12-20-28/h1-20,29-30,44H,21-24H2,(H3,38,39,40,41,42,45,46)/t29-,30+/m0/s1. The van der Waals surface area contributed by atoms with E-state index in [1.165, 1.54) is 0 Å². The van der Waals surface area contributed by atoms with Gasteiger partial charge in [0, 0.05) is 13.1 Å². The summed E-state index contributed by atoms with van der Waals surface area (Å²) >= 11 is 0. The van der Waals surface area contributed by atoms with Gasteiger partial charge in [-0.1, -0.05) is 109 Å². The van der Waals surface area contributed by atoms with Crippen LogP contribution in [0, 0.1) is 0 Å². The largest absolute Gasteiger partial charge is 0.484 e. The van der Waals surface area contributed by atoms with Crippen molar-refractivity contribution in [3.63, 3.8) is 0 Å². The summed E-state index contributed by atoms with van der Waals surface area (Å²) < 4.78 is 11.9. The number of H-pyrrole nitrogens is 2. The highest BCUT2D eigenvalue weighted by Gasteiger charge is 2.46. The first-order valence-electron chi connectivity index (χ1n) is 15.7. The Morgan fingerprint density at radius 1 is 0.833 bits per heavy atom. The number of aromatic nitrogens is 4. The molecule has 48 heavy (non-hydrogen) atoms. The molecule has 0 spiro atoms. The molecule has 0 saturated carbocycles. The minimum absolute atomic E-state index is 0.0529. The van der Waals surface area contributed by atoms with Gasteiger partial charge >= 0.3 is 0 Å². The van der Waals surface area contributed by atoms with E-state index in [0.29, 0.717) is 24.7 Å². The van der Waals surface area contributed by atoms with Gasteiger partial charge in [-0.25, -0.2) is 4.98 Å². The molecule has 0 unspecified atom stereocenters. The van der Waals surface area contributed by atoms with E-state index >= 15 is 0 Å². The number of para-hydroxylation sites is 1. The summed E-state index contributed by atoms with van der Waals surface area (Å²) in [6.45, 7) is 0.304. The highest BCUT2D eigenvalue weighted by Crippen LogP contribution is 2.45. The average molecular weight is 643 g/mol. The van der Waals surface area contributed by atoms with Crippen LogP contribution in [0.25, 0.3) is 11.2 Å². The van der Waals surface area contributed by atoms with Crippen LogP contribution in [0.5, 0.6) is 5.75 Å². The summed E-state index contributed by atoms with van der Waals surface area (Å²) in [5, 5.41) is 13.0. The zero-order valence-corrected chi connectivity index (χ0v) is 26.0. The number of amides is 1. The Morgan fingerprint density at radius 2 is 1.40 bits per heavy atom. The third kappa shape index (κ3) is 6.09. The van der Waals surface area contributed by atoms with E-state index in [0.717, 1.165) is 16.7 Å². The fourth-order valence-electron chi connectivity index (χ4n) is 6.42. The Hall–Kier alpha value is -5.62. The number of morpholine rings is 1. The van der Waals surface area contributed by atoms with Crippen LogP contribution in [0.4, 0.5) is 5.95 Å². The summed E-state index contributed by atoms with van der Waals surface area (Å²) in [5.74, 6) is 0.376. The predicted octanol–water partition coefficient (Wildman–Crippen LogP) is 4.39. The highest BCUT2D eigenvalue weighted by molar-refractivity contribution is 5.90. The number of fused-ring (bicyclic) bond motifs is 1. The third-order valence-electron chi connectivity index (χ3n) is 8.48. The molecule has 1 aliphatic heterocycles. The minimum atomic E-state index is -0.750. The van der Waals surface area contributed by atoms with E-state index in [1.807, 2.05) is 60.7 Å². The van der Waals surface area contributed by atoms with Crippen LogP contribution in [-0.4, -0.2) is 68.3 Å². The lowest BCUT2D eigenvalue weighted by atomic mass is 9.75. The molecule has 2 aromatic heterocycles. The van der Waals surface area contributed by atoms with E-state index in [-0.39, 0.29) is 30.3 Å². The van der Waals surface area contributed by atoms with Crippen LogP contribution < -0.4 is 15.6 Å². The van der Waals surface area contributed by atoms with Crippen molar-refractivity contribution in [2.24, 2.45) is 0 Å². The quantitative estimate of drug-likeness (QED) is 0.161. The van der Waals surface area contributed by atoms with E-state index < -0.39 is 29.2 Å².